The number of carbonyl (C=O) groups excluding carboxylic acids is 1. The highest BCUT2D eigenvalue weighted by molar-refractivity contribution is 5.85. The molecule has 1 amide bonds. The molecular formula is C19H29ClN2O3. The van der Waals surface area contributed by atoms with Crippen molar-refractivity contribution < 1.29 is 14.3 Å². The van der Waals surface area contributed by atoms with E-state index in [1.54, 1.807) is 14.2 Å². The summed E-state index contributed by atoms with van der Waals surface area (Å²) in [6, 6.07) is 5.70. The summed E-state index contributed by atoms with van der Waals surface area (Å²) >= 11 is 0. The number of likely N-dealkylation sites (tertiary alicyclic amines) is 1. The third kappa shape index (κ3) is 4.59. The summed E-state index contributed by atoms with van der Waals surface area (Å²) in [4.78, 5) is 14.7. The Hall–Kier alpha value is -1.46. The van der Waals surface area contributed by atoms with E-state index in [2.05, 4.69) is 5.32 Å². The van der Waals surface area contributed by atoms with Crippen LogP contribution in [-0.2, 0) is 11.2 Å². The van der Waals surface area contributed by atoms with E-state index in [1.165, 1.54) is 12.8 Å². The molecule has 3 rings (SSSR count). The SMILES string of the molecule is COc1ccc(CC(=O)N2CCC3(CCNCC3)CC2)cc1OC.Cl. The van der Waals surface area contributed by atoms with Crippen LogP contribution in [0.2, 0.25) is 0 Å². The van der Waals surface area contributed by atoms with Crippen molar-refractivity contribution in [1.29, 1.82) is 0 Å². The van der Waals surface area contributed by atoms with Gasteiger partial charge in [-0.05, 0) is 61.9 Å². The van der Waals surface area contributed by atoms with Crippen molar-refractivity contribution >= 4 is 18.3 Å². The van der Waals surface area contributed by atoms with Crippen LogP contribution in [0, 0.1) is 5.41 Å². The van der Waals surface area contributed by atoms with Gasteiger partial charge in [0.1, 0.15) is 0 Å². The number of methoxy groups -OCH3 is 2. The van der Waals surface area contributed by atoms with Gasteiger partial charge >= 0.3 is 0 Å². The molecule has 1 aromatic rings. The zero-order valence-corrected chi connectivity index (χ0v) is 16.0. The summed E-state index contributed by atoms with van der Waals surface area (Å²) in [6.07, 6.45) is 5.23. The van der Waals surface area contributed by atoms with Gasteiger partial charge < -0.3 is 19.7 Å². The van der Waals surface area contributed by atoms with Gasteiger partial charge in [-0.25, -0.2) is 0 Å². The van der Waals surface area contributed by atoms with Crippen molar-refractivity contribution in [2.24, 2.45) is 5.41 Å². The highest BCUT2D eigenvalue weighted by Crippen LogP contribution is 2.39. The lowest BCUT2D eigenvalue weighted by Gasteiger charge is -2.44. The number of carbonyl (C=O) groups is 1. The van der Waals surface area contributed by atoms with Crippen LogP contribution in [-0.4, -0.2) is 51.2 Å². The second-order valence-corrected chi connectivity index (χ2v) is 7.00. The van der Waals surface area contributed by atoms with E-state index in [1.807, 2.05) is 23.1 Å². The maximum Gasteiger partial charge on any atom is 0.226 e. The molecule has 0 aliphatic carbocycles. The van der Waals surface area contributed by atoms with E-state index in [4.69, 9.17) is 9.47 Å². The summed E-state index contributed by atoms with van der Waals surface area (Å²) in [5.41, 5.74) is 1.45. The Labute approximate surface area is 156 Å². The molecule has 2 aliphatic heterocycles. The molecule has 2 fully saturated rings. The van der Waals surface area contributed by atoms with Crippen molar-refractivity contribution in [2.45, 2.75) is 32.1 Å². The van der Waals surface area contributed by atoms with Gasteiger partial charge in [-0.2, -0.15) is 0 Å². The second kappa shape index (κ2) is 8.77. The standard InChI is InChI=1S/C19H28N2O3.ClH/c1-23-16-4-3-15(13-17(16)24-2)14-18(22)21-11-7-19(8-12-21)5-9-20-10-6-19;/h3-4,13,20H,5-12,14H2,1-2H3;1H. The molecule has 0 radical (unpaired) electrons. The molecular weight excluding hydrogens is 340 g/mol. The number of halogens is 1. The minimum atomic E-state index is 0. The van der Waals surface area contributed by atoms with Crippen LogP contribution in [0.4, 0.5) is 0 Å². The second-order valence-electron chi connectivity index (χ2n) is 7.00. The minimum absolute atomic E-state index is 0. The first-order chi connectivity index (χ1) is 11.7. The molecule has 0 unspecified atom stereocenters. The Morgan fingerprint density at radius 1 is 1.08 bits per heavy atom. The molecule has 2 saturated heterocycles. The molecule has 6 heteroatoms. The molecule has 1 aromatic carbocycles. The van der Waals surface area contributed by atoms with Crippen molar-refractivity contribution in [3.63, 3.8) is 0 Å². The maximum atomic E-state index is 12.6. The lowest BCUT2D eigenvalue weighted by Crippen LogP contribution is -2.47. The molecule has 2 aliphatic rings. The smallest absolute Gasteiger partial charge is 0.226 e. The minimum Gasteiger partial charge on any atom is -0.493 e. The summed E-state index contributed by atoms with van der Waals surface area (Å²) < 4.78 is 10.6. The van der Waals surface area contributed by atoms with Crippen LogP contribution in [0.25, 0.3) is 0 Å². The van der Waals surface area contributed by atoms with E-state index in [0.717, 1.165) is 44.6 Å². The fraction of sp³-hybridized carbons (Fsp3) is 0.632. The van der Waals surface area contributed by atoms with Gasteiger partial charge in [-0.15, -0.1) is 12.4 Å². The van der Waals surface area contributed by atoms with E-state index < -0.39 is 0 Å². The molecule has 1 spiro atoms. The van der Waals surface area contributed by atoms with Gasteiger partial charge in [0.05, 0.1) is 20.6 Å². The highest BCUT2D eigenvalue weighted by Gasteiger charge is 2.36. The molecule has 0 bridgehead atoms. The highest BCUT2D eigenvalue weighted by atomic mass is 35.5. The van der Waals surface area contributed by atoms with E-state index in [0.29, 0.717) is 23.3 Å². The lowest BCUT2D eigenvalue weighted by atomic mass is 9.71. The molecule has 0 aromatic heterocycles. The van der Waals surface area contributed by atoms with Gasteiger partial charge in [0.15, 0.2) is 11.5 Å². The fourth-order valence-electron chi connectivity index (χ4n) is 3.96. The van der Waals surface area contributed by atoms with Crippen LogP contribution in [0.1, 0.15) is 31.2 Å². The topological polar surface area (TPSA) is 50.8 Å². The predicted molar refractivity (Wildman–Crippen MR) is 101 cm³/mol. The van der Waals surface area contributed by atoms with Crippen molar-refractivity contribution in [1.82, 2.24) is 10.2 Å². The Morgan fingerprint density at radius 2 is 1.72 bits per heavy atom. The van der Waals surface area contributed by atoms with E-state index in [-0.39, 0.29) is 18.3 Å². The Balaban J connectivity index is 0.00000225. The lowest BCUT2D eigenvalue weighted by molar-refractivity contribution is -0.133. The van der Waals surface area contributed by atoms with E-state index >= 15 is 0 Å². The van der Waals surface area contributed by atoms with Crippen LogP contribution in [0.5, 0.6) is 11.5 Å². The summed E-state index contributed by atoms with van der Waals surface area (Å²) in [6.45, 7) is 4.04. The molecule has 0 atom stereocenters. The molecule has 0 saturated carbocycles. The average molecular weight is 369 g/mol. The number of hydrogen-bond donors (Lipinski definition) is 1. The average Bonchev–Trinajstić information content (AvgIpc) is 2.62. The van der Waals surface area contributed by atoms with Crippen LogP contribution in [0.3, 0.4) is 0 Å². The number of rotatable bonds is 4. The molecule has 5 nitrogen and oxygen atoms in total. The number of nitrogens with one attached hydrogen (secondary N) is 1. The molecule has 1 N–H and O–H groups in total. The Morgan fingerprint density at radius 3 is 2.32 bits per heavy atom. The van der Waals surface area contributed by atoms with Crippen molar-refractivity contribution in [3.05, 3.63) is 23.8 Å². The first kappa shape index (κ1) is 19.9. The number of ether oxygens (including phenoxy) is 2. The third-order valence-corrected chi connectivity index (χ3v) is 5.64. The van der Waals surface area contributed by atoms with Gasteiger partial charge in [0, 0.05) is 13.1 Å². The van der Waals surface area contributed by atoms with Crippen LogP contribution in [0.15, 0.2) is 18.2 Å². The zero-order valence-electron chi connectivity index (χ0n) is 15.2. The molecule has 25 heavy (non-hydrogen) atoms. The van der Waals surface area contributed by atoms with Gasteiger partial charge in [0.25, 0.3) is 0 Å². The summed E-state index contributed by atoms with van der Waals surface area (Å²) in [5, 5.41) is 3.44. The normalized spacial score (nSPS) is 19.2. The van der Waals surface area contributed by atoms with Crippen molar-refractivity contribution in [3.8, 4) is 11.5 Å². The number of hydrogen-bond acceptors (Lipinski definition) is 4. The summed E-state index contributed by atoms with van der Waals surface area (Å²) in [5.74, 6) is 1.58. The van der Waals surface area contributed by atoms with Crippen LogP contribution >= 0.6 is 12.4 Å². The summed E-state index contributed by atoms with van der Waals surface area (Å²) in [7, 11) is 3.24. The van der Waals surface area contributed by atoms with E-state index in [9.17, 15) is 4.79 Å². The van der Waals surface area contributed by atoms with Crippen LogP contribution < -0.4 is 14.8 Å². The third-order valence-electron chi connectivity index (χ3n) is 5.64. The Bertz CT molecular complexity index is 578. The monoisotopic (exact) mass is 368 g/mol. The maximum absolute atomic E-state index is 12.6. The van der Waals surface area contributed by atoms with Gasteiger partial charge in [-0.1, -0.05) is 6.07 Å². The number of benzene rings is 1. The quantitative estimate of drug-likeness (QED) is 0.887. The zero-order chi connectivity index (χ0) is 17.0. The fourth-order valence-corrected chi connectivity index (χ4v) is 3.96. The molecule has 140 valence electrons. The van der Waals surface area contributed by atoms with Gasteiger partial charge in [-0.3, -0.25) is 4.79 Å². The van der Waals surface area contributed by atoms with Gasteiger partial charge in [0.2, 0.25) is 5.91 Å². The first-order valence-corrected chi connectivity index (χ1v) is 8.85. The number of piperidine rings is 2. The number of amides is 1. The molecule has 2 heterocycles. The first-order valence-electron chi connectivity index (χ1n) is 8.85. The predicted octanol–water partition coefficient (Wildman–Crippen LogP) is 2.66. The number of nitrogens with zero attached hydrogens (tertiary/aromatic N) is 1. The van der Waals surface area contributed by atoms with Crippen molar-refractivity contribution in [2.75, 3.05) is 40.4 Å². The largest absolute Gasteiger partial charge is 0.493 e. The Kier molecular flexibility index (Phi) is 6.96.